The molecule has 6 saturated heterocycles. The molecular formula is C26H41N3O8. The number of rotatable bonds is 11. The molecule has 6 heterocycles. The van der Waals surface area contributed by atoms with Crippen molar-refractivity contribution in [1.29, 1.82) is 0 Å². The van der Waals surface area contributed by atoms with E-state index in [0.717, 1.165) is 51.9 Å². The highest BCUT2D eigenvalue weighted by molar-refractivity contribution is 5.93. The number of esters is 1. The molecule has 6 rings (SSSR count). The number of methoxy groups -OCH3 is 2. The van der Waals surface area contributed by atoms with Gasteiger partial charge in [-0.05, 0) is 31.6 Å². The molecule has 37 heavy (non-hydrogen) atoms. The van der Waals surface area contributed by atoms with E-state index in [9.17, 15) is 19.2 Å². The van der Waals surface area contributed by atoms with Gasteiger partial charge >= 0.3 is 12.1 Å². The number of carbonyl (C=O) groups is 4. The van der Waals surface area contributed by atoms with Crippen LogP contribution in [0.2, 0.25) is 0 Å². The third-order valence-corrected chi connectivity index (χ3v) is 8.71. The van der Waals surface area contributed by atoms with E-state index < -0.39 is 29.2 Å². The lowest BCUT2D eigenvalue weighted by Crippen LogP contribution is -2.69. The van der Waals surface area contributed by atoms with Crippen LogP contribution in [0.4, 0.5) is 4.79 Å². The van der Waals surface area contributed by atoms with Crippen molar-refractivity contribution in [3.8, 4) is 0 Å². The number of nitrogens with one attached hydrogen (secondary N) is 1. The summed E-state index contributed by atoms with van der Waals surface area (Å²) < 4.78 is 21.9. The Morgan fingerprint density at radius 2 is 1.24 bits per heavy atom. The van der Waals surface area contributed by atoms with Crippen molar-refractivity contribution in [2.75, 3.05) is 66.8 Å². The van der Waals surface area contributed by atoms with Gasteiger partial charge in [-0.2, -0.15) is 0 Å². The zero-order valence-electron chi connectivity index (χ0n) is 22.5. The van der Waals surface area contributed by atoms with E-state index in [0.29, 0.717) is 0 Å². The minimum Gasteiger partial charge on any atom is -0.462 e. The number of ketones is 2. The molecule has 6 fully saturated rings. The van der Waals surface area contributed by atoms with Crippen LogP contribution in [0.15, 0.2) is 0 Å². The minimum atomic E-state index is -0.997. The third-order valence-electron chi connectivity index (χ3n) is 8.71. The number of hydrogen-bond donors (Lipinski definition) is 1. The van der Waals surface area contributed by atoms with Crippen LogP contribution in [0, 0.1) is 17.8 Å². The summed E-state index contributed by atoms with van der Waals surface area (Å²) in [7, 11) is 3.06. The van der Waals surface area contributed by atoms with Crippen molar-refractivity contribution >= 4 is 23.6 Å². The quantitative estimate of drug-likeness (QED) is 0.386. The van der Waals surface area contributed by atoms with Gasteiger partial charge < -0.3 is 24.3 Å². The molecule has 3 atom stereocenters. The van der Waals surface area contributed by atoms with Gasteiger partial charge in [0.25, 0.3) is 0 Å². The summed E-state index contributed by atoms with van der Waals surface area (Å²) in [5.74, 6) is -0.913. The van der Waals surface area contributed by atoms with Crippen LogP contribution in [0.1, 0.15) is 39.5 Å². The second kappa shape index (κ2) is 11.3. The largest absolute Gasteiger partial charge is 0.462 e. The number of fused-ring (bicyclic) bond motifs is 6. The van der Waals surface area contributed by atoms with E-state index in [2.05, 4.69) is 10.2 Å². The van der Waals surface area contributed by atoms with Gasteiger partial charge in [0, 0.05) is 52.2 Å². The van der Waals surface area contributed by atoms with Crippen LogP contribution in [-0.4, -0.2) is 117 Å². The molecular weight excluding hydrogens is 482 g/mol. The van der Waals surface area contributed by atoms with Crippen LogP contribution in [-0.2, 0) is 33.3 Å². The molecule has 11 nitrogen and oxygen atoms in total. The lowest BCUT2D eigenvalue weighted by atomic mass is 9.74. The predicted molar refractivity (Wildman–Crippen MR) is 132 cm³/mol. The Balaban J connectivity index is 1.37. The average Bonchev–Trinajstić information content (AvgIpc) is 2.90. The molecule has 0 aromatic carbocycles. The van der Waals surface area contributed by atoms with E-state index in [1.54, 1.807) is 13.8 Å². The lowest BCUT2D eigenvalue weighted by molar-refractivity contribution is -0.169. The summed E-state index contributed by atoms with van der Waals surface area (Å²) in [6.45, 7) is 6.61. The Morgan fingerprint density at radius 3 is 1.62 bits per heavy atom. The van der Waals surface area contributed by atoms with Crippen LogP contribution < -0.4 is 5.32 Å². The van der Waals surface area contributed by atoms with Crippen molar-refractivity contribution in [2.45, 2.75) is 56.7 Å². The van der Waals surface area contributed by atoms with Crippen molar-refractivity contribution in [1.82, 2.24) is 15.1 Å². The van der Waals surface area contributed by atoms with E-state index in [-0.39, 0.29) is 55.7 Å². The van der Waals surface area contributed by atoms with E-state index in [1.807, 2.05) is 4.90 Å². The van der Waals surface area contributed by atoms with Crippen molar-refractivity contribution in [2.24, 2.45) is 17.8 Å². The molecule has 2 unspecified atom stereocenters. The molecule has 1 N–H and O–H groups in total. The molecule has 208 valence electrons. The summed E-state index contributed by atoms with van der Waals surface area (Å²) in [5, 5.41) is 2.62. The van der Waals surface area contributed by atoms with Gasteiger partial charge in [0.2, 0.25) is 0 Å². The summed E-state index contributed by atoms with van der Waals surface area (Å²) in [6.07, 6.45) is 2.44. The average molecular weight is 524 g/mol. The Bertz CT molecular complexity index is 881. The summed E-state index contributed by atoms with van der Waals surface area (Å²) in [4.78, 5) is 56.2. The molecule has 0 aliphatic carbocycles. The number of alkyl carbamates (subject to hydrolysis) is 1. The monoisotopic (exact) mass is 523 g/mol. The Kier molecular flexibility index (Phi) is 8.57. The molecule has 6 aliphatic rings. The maximum absolute atomic E-state index is 13.1. The number of ether oxygens (including phenoxy) is 4. The van der Waals surface area contributed by atoms with Gasteiger partial charge in [0.1, 0.15) is 30.3 Å². The Morgan fingerprint density at radius 1 is 0.811 bits per heavy atom. The summed E-state index contributed by atoms with van der Waals surface area (Å²) >= 11 is 0. The van der Waals surface area contributed by atoms with Gasteiger partial charge in [-0.3, -0.25) is 19.4 Å². The summed E-state index contributed by atoms with van der Waals surface area (Å²) in [5.41, 5.74) is -1.99. The van der Waals surface area contributed by atoms with Gasteiger partial charge in [0.15, 0.2) is 11.6 Å². The standard InChI is InChI=1S/C26H41N3O8/c1-17(2)20(23(32)36-15-25(13-34-3)21(30)18-5-9-28(25)10-6-18)27-24(33)37-16-26(14-35-4)22(31)19-7-11-29(26)12-8-19/h17-20H,5-16H2,1-4H3,(H,27,33)/t20-,25?,26?/m0/s1. The molecule has 4 bridgehead atoms. The topological polar surface area (TPSA) is 124 Å². The first kappa shape index (κ1) is 27.9. The fourth-order valence-electron chi connectivity index (χ4n) is 6.55. The normalized spacial score (nSPS) is 35.5. The SMILES string of the molecule is COCC1(COC(=O)N[C@H](C(=O)OCC2(COC)C(=O)C3CCN2CC3)C(C)C)C(=O)C2CCN1CC2. The van der Waals surface area contributed by atoms with E-state index >= 15 is 0 Å². The number of hydrogen-bond acceptors (Lipinski definition) is 10. The van der Waals surface area contributed by atoms with E-state index in [4.69, 9.17) is 18.9 Å². The third kappa shape index (κ3) is 5.15. The maximum Gasteiger partial charge on any atom is 0.407 e. The maximum atomic E-state index is 13.1. The van der Waals surface area contributed by atoms with Gasteiger partial charge in [-0.1, -0.05) is 13.8 Å². The summed E-state index contributed by atoms with van der Waals surface area (Å²) in [6, 6.07) is -0.977. The second-order valence-corrected chi connectivity index (χ2v) is 11.2. The molecule has 6 aliphatic heterocycles. The first-order valence-corrected chi connectivity index (χ1v) is 13.3. The highest BCUT2D eigenvalue weighted by Gasteiger charge is 2.55. The molecule has 1 amide bonds. The Hall–Kier alpha value is -2.08. The Labute approximate surface area is 218 Å². The number of nitrogens with zero attached hydrogens (tertiary/aromatic N) is 2. The molecule has 0 aromatic rings. The molecule has 11 heteroatoms. The number of carbonyl (C=O) groups excluding carboxylic acids is 4. The molecule has 0 saturated carbocycles. The zero-order valence-corrected chi connectivity index (χ0v) is 22.5. The van der Waals surface area contributed by atoms with Gasteiger partial charge in [-0.25, -0.2) is 9.59 Å². The molecule has 0 aromatic heterocycles. The minimum absolute atomic E-state index is 0.0409. The van der Waals surface area contributed by atoms with Crippen LogP contribution in [0.3, 0.4) is 0 Å². The highest BCUT2D eigenvalue weighted by Crippen LogP contribution is 2.38. The van der Waals surface area contributed by atoms with Crippen molar-refractivity contribution in [3.63, 3.8) is 0 Å². The molecule has 0 spiro atoms. The zero-order chi connectivity index (χ0) is 26.8. The van der Waals surface area contributed by atoms with E-state index in [1.165, 1.54) is 14.2 Å². The first-order valence-electron chi connectivity index (χ1n) is 13.3. The van der Waals surface area contributed by atoms with Crippen LogP contribution >= 0.6 is 0 Å². The fraction of sp³-hybridized carbons (Fsp3) is 0.846. The van der Waals surface area contributed by atoms with Crippen molar-refractivity contribution < 1.29 is 38.1 Å². The number of Topliss-reactive ketones (excluding diaryl/α,β-unsaturated/α-hetero) is 2. The fourth-order valence-corrected chi connectivity index (χ4v) is 6.55. The lowest BCUT2D eigenvalue weighted by Gasteiger charge is -2.52. The number of amides is 1. The number of piperidine rings is 6. The van der Waals surface area contributed by atoms with Crippen LogP contribution in [0.5, 0.6) is 0 Å². The first-order chi connectivity index (χ1) is 17.7. The second-order valence-electron chi connectivity index (χ2n) is 11.2. The van der Waals surface area contributed by atoms with Crippen LogP contribution in [0.25, 0.3) is 0 Å². The van der Waals surface area contributed by atoms with Crippen molar-refractivity contribution in [3.05, 3.63) is 0 Å². The highest BCUT2D eigenvalue weighted by atomic mass is 16.6. The smallest absolute Gasteiger partial charge is 0.407 e. The van der Waals surface area contributed by atoms with Gasteiger partial charge in [0.05, 0.1) is 13.2 Å². The molecule has 0 radical (unpaired) electrons. The van der Waals surface area contributed by atoms with Gasteiger partial charge in [-0.15, -0.1) is 0 Å². The predicted octanol–water partition coefficient (Wildman–Crippen LogP) is 0.640.